The fourth-order valence-electron chi connectivity index (χ4n) is 0.920. The lowest BCUT2D eigenvalue weighted by atomic mass is 10.2. The van der Waals surface area contributed by atoms with Gasteiger partial charge in [0.05, 0.1) is 0 Å². The minimum atomic E-state index is -0.939. The minimum Gasteiger partial charge on any atom is -0.480 e. The Bertz CT molecular complexity index is 382. The van der Waals surface area contributed by atoms with Crippen LogP contribution in [0, 0.1) is 0 Å². The van der Waals surface area contributed by atoms with Crippen molar-refractivity contribution in [2.24, 2.45) is 4.99 Å². The van der Waals surface area contributed by atoms with Crippen LogP contribution < -0.4 is 0 Å². The van der Waals surface area contributed by atoms with Crippen molar-refractivity contribution in [2.45, 2.75) is 0 Å². The van der Waals surface area contributed by atoms with E-state index in [1.54, 1.807) is 18.2 Å². The number of aliphatic carboxylic acids is 1. The molecule has 0 aliphatic heterocycles. The van der Waals surface area contributed by atoms with Crippen LogP contribution in [0.1, 0.15) is 5.56 Å². The maximum absolute atomic E-state index is 10.1. The summed E-state index contributed by atoms with van der Waals surface area (Å²) >= 11 is 5.71. The normalized spacial score (nSPS) is 11.3. The lowest BCUT2D eigenvalue weighted by molar-refractivity contribution is -0.135. The molecule has 1 rings (SSSR count). The molecule has 0 spiro atoms. The molecule has 0 unspecified atom stereocenters. The number of hydrogen-bond donors (Lipinski definition) is 1. The number of carboxylic acid groups (broad SMARTS) is 1. The second kappa shape index (κ2) is 5.98. The summed E-state index contributed by atoms with van der Waals surface area (Å²) in [5, 5.41) is 8.99. The Balaban J connectivity index is 2.47. The molecule has 0 aliphatic carbocycles. The first-order valence-corrected chi connectivity index (χ1v) is 4.70. The van der Waals surface area contributed by atoms with Gasteiger partial charge in [-0.15, -0.1) is 0 Å². The smallest absolute Gasteiger partial charge is 0.325 e. The first-order valence-electron chi connectivity index (χ1n) is 4.32. The standard InChI is InChI=1S/C11H10ClNO2/c12-10-5-3-9(4-6-10)2-1-7-13-8-11(14)15/h1-7H,8H2,(H,14,15)/b2-1+,13-7?. The largest absolute Gasteiger partial charge is 0.480 e. The van der Waals surface area contributed by atoms with Gasteiger partial charge >= 0.3 is 5.97 Å². The van der Waals surface area contributed by atoms with Crippen molar-refractivity contribution in [2.75, 3.05) is 6.54 Å². The number of carboxylic acids is 1. The summed E-state index contributed by atoms with van der Waals surface area (Å²) in [7, 11) is 0. The highest BCUT2D eigenvalue weighted by Gasteiger charge is 1.88. The molecule has 1 aromatic carbocycles. The number of allylic oxidation sites excluding steroid dienone is 1. The summed E-state index contributed by atoms with van der Waals surface area (Å²) in [5.74, 6) is -0.939. The van der Waals surface area contributed by atoms with E-state index in [-0.39, 0.29) is 6.54 Å². The number of rotatable bonds is 4. The molecule has 0 amide bonds. The van der Waals surface area contributed by atoms with Gasteiger partial charge in [-0.3, -0.25) is 9.79 Å². The van der Waals surface area contributed by atoms with E-state index in [9.17, 15) is 4.79 Å². The van der Waals surface area contributed by atoms with Gasteiger partial charge in [0.25, 0.3) is 0 Å². The van der Waals surface area contributed by atoms with Crippen molar-refractivity contribution in [3.8, 4) is 0 Å². The predicted octanol–water partition coefficient (Wildman–Crippen LogP) is 2.51. The topological polar surface area (TPSA) is 49.7 Å². The zero-order valence-electron chi connectivity index (χ0n) is 7.93. The monoisotopic (exact) mass is 223 g/mol. The Labute approximate surface area is 92.7 Å². The van der Waals surface area contributed by atoms with Gasteiger partial charge in [-0.25, -0.2) is 0 Å². The van der Waals surface area contributed by atoms with Crippen LogP contribution in [0.4, 0.5) is 0 Å². The number of nitrogens with zero attached hydrogens (tertiary/aromatic N) is 1. The molecule has 15 heavy (non-hydrogen) atoms. The molecule has 0 saturated carbocycles. The first-order chi connectivity index (χ1) is 7.18. The van der Waals surface area contributed by atoms with E-state index in [1.165, 1.54) is 6.21 Å². The average Bonchev–Trinajstić information content (AvgIpc) is 2.20. The maximum Gasteiger partial charge on any atom is 0.325 e. The van der Waals surface area contributed by atoms with E-state index in [0.717, 1.165) is 5.56 Å². The summed E-state index contributed by atoms with van der Waals surface area (Å²) in [6.07, 6.45) is 4.97. The summed E-state index contributed by atoms with van der Waals surface area (Å²) in [6, 6.07) is 7.30. The van der Waals surface area contributed by atoms with E-state index >= 15 is 0 Å². The van der Waals surface area contributed by atoms with E-state index in [4.69, 9.17) is 16.7 Å². The maximum atomic E-state index is 10.1. The highest BCUT2D eigenvalue weighted by atomic mass is 35.5. The predicted molar refractivity (Wildman–Crippen MR) is 61.5 cm³/mol. The third kappa shape index (κ3) is 4.98. The number of aliphatic imine (C=N–C) groups is 1. The van der Waals surface area contributed by atoms with Crippen LogP contribution >= 0.6 is 11.6 Å². The molecule has 0 bridgehead atoms. The lowest BCUT2D eigenvalue weighted by Gasteiger charge is -1.91. The highest BCUT2D eigenvalue weighted by molar-refractivity contribution is 6.30. The second-order valence-electron chi connectivity index (χ2n) is 2.79. The number of benzene rings is 1. The Morgan fingerprint density at radius 2 is 2.07 bits per heavy atom. The van der Waals surface area contributed by atoms with Gasteiger partial charge in [0.1, 0.15) is 6.54 Å². The van der Waals surface area contributed by atoms with Crippen LogP contribution in [0.2, 0.25) is 5.02 Å². The Morgan fingerprint density at radius 3 is 2.67 bits per heavy atom. The zero-order valence-corrected chi connectivity index (χ0v) is 8.69. The zero-order chi connectivity index (χ0) is 11.1. The quantitative estimate of drug-likeness (QED) is 0.798. The number of carbonyl (C=O) groups is 1. The highest BCUT2D eigenvalue weighted by Crippen LogP contribution is 2.10. The Hall–Kier alpha value is -1.61. The molecule has 0 atom stereocenters. The van der Waals surface area contributed by atoms with Crippen molar-refractivity contribution in [1.29, 1.82) is 0 Å². The molecular weight excluding hydrogens is 214 g/mol. The molecule has 0 aromatic heterocycles. The molecular formula is C11H10ClNO2. The van der Waals surface area contributed by atoms with Gasteiger partial charge in [0.2, 0.25) is 0 Å². The number of hydrogen-bond acceptors (Lipinski definition) is 2. The van der Waals surface area contributed by atoms with Crippen molar-refractivity contribution in [3.63, 3.8) is 0 Å². The molecule has 78 valence electrons. The van der Waals surface area contributed by atoms with E-state index < -0.39 is 5.97 Å². The SMILES string of the molecule is O=C(O)CN=C/C=C/c1ccc(Cl)cc1. The van der Waals surface area contributed by atoms with Crippen molar-refractivity contribution in [3.05, 3.63) is 40.9 Å². The van der Waals surface area contributed by atoms with Gasteiger partial charge in [0, 0.05) is 11.2 Å². The summed E-state index contributed by atoms with van der Waals surface area (Å²) in [5.41, 5.74) is 0.987. The molecule has 0 heterocycles. The summed E-state index contributed by atoms with van der Waals surface area (Å²) in [6.45, 7) is -0.203. The molecule has 1 aromatic rings. The molecule has 0 aliphatic rings. The lowest BCUT2D eigenvalue weighted by Crippen LogP contribution is -1.98. The van der Waals surface area contributed by atoms with Gasteiger partial charge in [-0.2, -0.15) is 0 Å². The number of halogens is 1. The van der Waals surface area contributed by atoms with Crippen LogP contribution in [-0.2, 0) is 4.79 Å². The van der Waals surface area contributed by atoms with E-state index in [2.05, 4.69) is 4.99 Å². The third-order valence-electron chi connectivity index (χ3n) is 1.58. The Morgan fingerprint density at radius 1 is 1.40 bits per heavy atom. The van der Waals surface area contributed by atoms with Gasteiger partial charge in [-0.1, -0.05) is 29.8 Å². The van der Waals surface area contributed by atoms with Crippen molar-refractivity contribution in [1.82, 2.24) is 0 Å². The minimum absolute atomic E-state index is 0.203. The fraction of sp³-hybridized carbons (Fsp3) is 0.0909. The van der Waals surface area contributed by atoms with Crippen LogP contribution in [0.25, 0.3) is 6.08 Å². The van der Waals surface area contributed by atoms with Crippen molar-refractivity contribution < 1.29 is 9.90 Å². The molecule has 0 radical (unpaired) electrons. The molecule has 1 N–H and O–H groups in total. The van der Waals surface area contributed by atoms with Crippen LogP contribution in [-0.4, -0.2) is 23.8 Å². The first kappa shape index (κ1) is 11.5. The van der Waals surface area contributed by atoms with Gasteiger partial charge < -0.3 is 5.11 Å². The van der Waals surface area contributed by atoms with Crippen LogP contribution in [0.3, 0.4) is 0 Å². The van der Waals surface area contributed by atoms with E-state index in [1.807, 2.05) is 18.2 Å². The van der Waals surface area contributed by atoms with E-state index in [0.29, 0.717) is 5.02 Å². The fourth-order valence-corrected chi connectivity index (χ4v) is 1.05. The van der Waals surface area contributed by atoms with Crippen LogP contribution in [0.15, 0.2) is 35.3 Å². The molecule has 0 fully saturated rings. The Kier molecular flexibility index (Phi) is 4.57. The molecule has 3 nitrogen and oxygen atoms in total. The van der Waals surface area contributed by atoms with Gasteiger partial charge in [-0.05, 0) is 23.8 Å². The van der Waals surface area contributed by atoms with Crippen molar-refractivity contribution >= 4 is 29.9 Å². The van der Waals surface area contributed by atoms with Gasteiger partial charge in [0.15, 0.2) is 0 Å². The molecule has 0 saturated heterocycles. The average molecular weight is 224 g/mol. The molecule has 4 heteroatoms. The summed E-state index contributed by atoms with van der Waals surface area (Å²) < 4.78 is 0. The third-order valence-corrected chi connectivity index (χ3v) is 1.83. The van der Waals surface area contributed by atoms with Crippen LogP contribution in [0.5, 0.6) is 0 Å². The second-order valence-corrected chi connectivity index (χ2v) is 3.23. The summed E-state index contributed by atoms with van der Waals surface area (Å²) in [4.78, 5) is 13.8.